The zero-order chi connectivity index (χ0) is 15.2. The van der Waals surface area contributed by atoms with E-state index >= 15 is 0 Å². The molecule has 3 aliphatic carbocycles. The number of allylic oxidation sites excluding steroid dienone is 4. The minimum atomic E-state index is -1.46. The van der Waals surface area contributed by atoms with Crippen LogP contribution in [0.5, 0.6) is 0 Å². The third-order valence-corrected chi connectivity index (χ3v) is 12.6. The van der Waals surface area contributed by atoms with Crippen LogP contribution >= 0.6 is 0 Å². The van der Waals surface area contributed by atoms with Crippen molar-refractivity contribution < 1.29 is 17.3 Å². The van der Waals surface area contributed by atoms with E-state index in [0.29, 0.717) is 0 Å². The van der Waals surface area contributed by atoms with Crippen LogP contribution in [-0.4, -0.2) is 0 Å². The van der Waals surface area contributed by atoms with Crippen molar-refractivity contribution in [2.75, 3.05) is 0 Å². The first-order valence-corrected chi connectivity index (χ1v) is 12.1. The van der Waals surface area contributed by atoms with E-state index in [2.05, 4.69) is 85.0 Å². The molecule has 0 N–H and O–H groups in total. The maximum absolute atomic E-state index is 2.60. The molecule has 0 spiro atoms. The Bertz CT molecular complexity index is 707. The van der Waals surface area contributed by atoms with Gasteiger partial charge in [0.25, 0.3) is 0 Å². The quantitative estimate of drug-likeness (QED) is 0.582. The van der Waals surface area contributed by atoms with Crippen LogP contribution in [0.1, 0.15) is 6.42 Å². The van der Waals surface area contributed by atoms with Gasteiger partial charge >= 0.3 is 145 Å². The molecule has 0 aromatic heterocycles. The van der Waals surface area contributed by atoms with Gasteiger partial charge in [0.1, 0.15) is 0 Å². The van der Waals surface area contributed by atoms with Crippen LogP contribution < -0.4 is 7.91 Å². The van der Waals surface area contributed by atoms with E-state index in [-0.39, 0.29) is 0 Å². The number of fused-ring (bicyclic) bond motifs is 5. The van der Waals surface area contributed by atoms with Crippen LogP contribution in [0.2, 0.25) is 4.31 Å². The Morgan fingerprint density at radius 3 is 1.91 bits per heavy atom. The molecule has 23 heavy (non-hydrogen) atoms. The fraction of sp³-hybridized carbons (Fsp3) is 0.273. The molecule has 0 heterocycles. The molecule has 1 fully saturated rings. The zero-order valence-electron chi connectivity index (χ0n) is 13.0. The molecule has 0 aliphatic heterocycles. The van der Waals surface area contributed by atoms with Crippen LogP contribution in [0.25, 0.3) is 0 Å². The van der Waals surface area contributed by atoms with E-state index in [1.165, 1.54) is 6.42 Å². The second kappa shape index (κ2) is 5.60. The molecule has 2 aromatic carbocycles. The fourth-order valence-corrected chi connectivity index (χ4v) is 12.2. The van der Waals surface area contributed by atoms with E-state index in [0.717, 1.165) is 28.0 Å². The Morgan fingerprint density at radius 1 is 0.652 bits per heavy atom. The predicted octanol–water partition coefficient (Wildman–Crippen LogP) is 4.05. The Balaban J connectivity index is 1.59. The minimum absolute atomic E-state index is 0.787. The third kappa shape index (κ3) is 2.23. The zero-order valence-corrected chi connectivity index (χ0v) is 15.3. The summed E-state index contributed by atoms with van der Waals surface area (Å²) in [6, 6.07) is 22.7. The van der Waals surface area contributed by atoms with Gasteiger partial charge in [-0.1, -0.05) is 0 Å². The fourth-order valence-electron chi connectivity index (χ4n) is 4.51. The Hall–Kier alpha value is -1.39. The molecule has 1 saturated carbocycles. The SMILES string of the molecule is C1=CC2CC1C1C=C[CH]([Pt]([c]3ccccc3)[c]3ccccc3)C21. The van der Waals surface area contributed by atoms with Crippen molar-refractivity contribution in [3.63, 3.8) is 0 Å². The van der Waals surface area contributed by atoms with E-state index < -0.39 is 17.3 Å². The average Bonchev–Trinajstić information content (AvgIpc) is 3.31. The van der Waals surface area contributed by atoms with Gasteiger partial charge in [-0.05, 0) is 0 Å². The summed E-state index contributed by atoms with van der Waals surface area (Å²) in [6.45, 7) is 0. The molecule has 0 radical (unpaired) electrons. The molecule has 119 valence electrons. The van der Waals surface area contributed by atoms with Crippen molar-refractivity contribution in [3.8, 4) is 0 Å². The summed E-state index contributed by atoms with van der Waals surface area (Å²) in [5.41, 5.74) is 0. The normalized spacial score (nSPS) is 33.9. The number of hydrogen-bond donors (Lipinski definition) is 0. The molecule has 2 bridgehead atoms. The number of hydrogen-bond acceptors (Lipinski definition) is 0. The molecule has 3 aliphatic rings. The number of benzene rings is 2. The Kier molecular flexibility index (Phi) is 3.41. The second-order valence-electron chi connectivity index (χ2n) is 6.67. The predicted molar refractivity (Wildman–Crippen MR) is 92.8 cm³/mol. The van der Waals surface area contributed by atoms with Gasteiger partial charge < -0.3 is 0 Å². The van der Waals surface area contributed by atoms with Crippen molar-refractivity contribution in [2.45, 2.75) is 10.7 Å². The number of rotatable bonds is 3. The summed E-state index contributed by atoms with van der Waals surface area (Å²) in [7, 11) is 0. The summed E-state index contributed by atoms with van der Waals surface area (Å²) in [5.74, 6) is 3.35. The van der Waals surface area contributed by atoms with Crippen molar-refractivity contribution in [2.24, 2.45) is 23.7 Å². The van der Waals surface area contributed by atoms with Gasteiger partial charge in [-0.3, -0.25) is 0 Å². The van der Waals surface area contributed by atoms with Gasteiger partial charge in [0, 0.05) is 0 Å². The van der Waals surface area contributed by atoms with Crippen molar-refractivity contribution >= 4 is 7.91 Å². The first kappa shape index (κ1) is 14.0. The monoisotopic (exact) mass is 480 g/mol. The van der Waals surface area contributed by atoms with Crippen LogP contribution in [-0.2, 0) is 17.3 Å². The van der Waals surface area contributed by atoms with Gasteiger partial charge in [0.15, 0.2) is 0 Å². The van der Waals surface area contributed by atoms with Crippen molar-refractivity contribution in [3.05, 3.63) is 85.0 Å². The molecule has 5 unspecified atom stereocenters. The molecule has 0 amide bonds. The first-order chi connectivity index (χ1) is 11.4. The molecular weight excluding hydrogens is 459 g/mol. The van der Waals surface area contributed by atoms with Crippen LogP contribution in [0.3, 0.4) is 0 Å². The third-order valence-electron chi connectivity index (χ3n) is 5.46. The van der Waals surface area contributed by atoms with Gasteiger partial charge in [-0.2, -0.15) is 0 Å². The van der Waals surface area contributed by atoms with Crippen molar-refractivity contribution in [1.82, 2.24) is 0 Å². The van der Waals surface area contributed by atoms with E-state index in [1.807, 2.05) is 0 Å². The molecular formula is C22H21Pt. The molecule has 0 saturated heterocycles. The van der Waals surface area contributed by atoms with Gasteiger partial charge in [-0.25, -0.2) is 0 Å². The van der Waals surface area contributed by atoms with Crippen molar-refractivity contribution in [1.29, 1.82) is 0 Å². The van der Waals surface area contributed by atoms with Gasteiger partial charge in [0.2, 0.25) is 0 Å². The Morgan fingerprint density at radius 2 is 1.26 bits per heavy atom. The van der Waals surface area contributed by atoms with Crippen LogP contribution in [0, 0.1) is 23.7 Å². The molecule has 1 heteroatoms. The topological polar surface area (TPSA) is 0 Å². The molecule has 2 aromatic rings. The van der Waals surface area contributed by atoms with Gasteiger partial charge in [-0.15, -0.1) is 0 Å². The maximum atomic E-state index is 2.60. The summed E-state index contributed by atoms with van der Waals surface area (Å²) < 4.78 is 4.02. The van der Waals surface area contributed by atoms with E-state index in [1.54, 1.807) is 7.91 Å². The summed E-state index contributed by atoms with van der Waals surface area (Å²) >= 11 is -1.46. The first-order valence-electron chi connectivity index (χ1n) is 8.47. The van der Waals surface area contributed by atoms with E-state index in [9.17, 15) is 0 Å². The molecule has 5 rings (SSSR count). The van der Waals surface area contributed by atoms with E-state index in [4.69, 9.17) is 0 Å². The van der Waals surface area contributed by atoms with Crippen LogP contribution in [0.4, 0.5) is 0 Å². The standard InChI is InChI=1S/C10H11.2C6H5.Pt/c1-2-9-7-4-5-8(6-7)10(9)3-1;2*1-2-4-6-5-3-1;/h1-5,7-10H,6H2;2*1-5H;. The summed E-state index contributed by atoms with van der Waals surface area (Å²) in [5, 5.41) is 0. The summed E-state index contributed by atoms with van der Waals surface area (Å²) in [6.07, 6.45) is 11.6. The van der Waals surface area contributed by atoms with Gasteiger partial charge in [0.05, 0.1) is 0 Å². The Labute approximate surface area is 144 Å². The average molecular weight is 480 g/mol. The van der Waals surface area contributed by atoms with Crippen LogP contribution in [0.15, 0.2) is 85.0 Å². The molecule has 0 nitrogen and oxygen atoms in total. The second-order valence-corrected chi connectivity index (χ2v) is 12.7. The molecule has 5 atom stereocenters. The summed E-state index contributed by atoms with van der Waals surface area (Å²) in [4.78, 5) is 0.